The number of esters is 1. The van der Waals surface area contributed by atoms with E-state index in [2.05, 4.69) is 10.3 Å². The molecule has 208 valence electrons. The number of benzene rings is 2. The van der Waals surface area contributed by atoms with Crippen molar-refractivity contribution in [2.45, 2.75) is 51.4 Å². The van der Waals surface area contributed by atoms with E-state index in [0.717, 1.165) is 18.2 Å². The number of likely N-dealkylation sites (tertiary alicyclic amines) is 1. The zero-order valence-corrected chi connectivity index (χ0v) is 22.0. The van der Waals surface area contributed by atoms with Crippen LogP contribution in [0.1, 0.15) is 65.9 Å². The van der Waals surface area contributed by atoms with Crippen LogP contribution < -0.4 is 5.32 Å². The lowest BCUT2D eigenvalue weighted by molar-refractivity contribution is -0.137. The molecule has 1 aliphatic rings. The number of anilines is 1. The number of fused-ring (bicyclic) bond motifs is 1. The summed E-state index contributed by atoms with van der Waals surface area (Å²) in [7, 11) is 1.25. The number of aromatic nitrogens is 2. The van der Waals surface area contributed by atoms with E-state index in [1.165, 1.54) is 19.2 Å². The number of alkyl halides is 3. The second-order valence-electron chi connectivity index (χ2n) is 10.3. The number of hydrogen-bond donors (Lipinski definition) is 1. The molecule has 1 unspecified atom stereocenters. The summed E-state index contributed by atoms with van der Waals surface area (Å²) in [6, 6.07) is 8.46. The average molecular weight is 547 g/mol. The van der Waals surface area contributed by atoms with Crippen LogP contribution in [0.25, 0.3) is 11.0 Å². The van der Waals surface area contributed by atoms with E-state index in [1.807, 2.05) is 0 Å². The average Bonchev–Trinajstić information content (AvgIpc) is 3.23. The number of amides is 2. The molecule has 0 saturated carbocycles. The molecule has 2 amide bonds. The predicted molar refractivity (Wildman–Crippen MR) is 137 cm³/mol. The van der Waals surface area contributed by atoms with Crippen molar-refractivity contribution in [3.8, 4) is 0 Å². The number of nitrogens with zero attached hydrogens (tertiary/aromatic N) is 3. The van der Waals surface area contributed by atoms with Gasteiger partial charge in [0.1, 0.15) is 5.60 Å². The van der Waals surface area contributed by atoms with Gasteiger partial charge < -0.3 is 18.9 Å². The van der Waals surface area contributed by atoms with Crippen LogP contribution >= 0.6 is 0 Å². The van der Waals surface area contributed by atoms with E-state index < -0.39 is 35.3 Å². The Bertz CT molecular complexity index is 1410. The highest BCUT2D eigenvalue weighted by molar-refractivity contribution is 6.04. The fraction of sp³-hybridized carbons (Fsp3) is 0.407. The number of imidazole rings is 1. The Balaban J connectivity index is 1.72. The first-order valence-corrected chi connectivity index (χ1v) is 12.3. The molecule has 1 N–H and O–H groups in total. The van der Waals surface area contributed by atoms with E-state index in [1.54, 1.807) is 42.4 Å². The predicted octanol–water partition coefficient (Wildman–Crippen LogP) is 5.67. The first-order chi connectivity index (χ1) is 18.3. The summed E-state index contributed by atoms with van der Waals surface area (Å²) in [5.74, 6) is -1.29. The van der Waals surface area contributed by atoms with Crippen LogP contribution in [0.3, 0.4) is 0 Å². The highest BCUT2D eigenvalue weighted by Crippen LogP contribution is 2.33. The highest BCUT2D eigenvalue weighted by atomic mass is 19.4. The fourth-order valence-electron chi connectivity index (χ4n) is 4.47. The summed E-state index contributed by atoms with van der Waals surface area (Å²) >= 11 is 0. The molecule has 1 aromatic heterocycles. The van der Waals surface area contributed by atoms with E-state index >= 15 is 0 Å². The van der Waals surface area contributed by atoms with E-state index in [0.29, 0.717) is 30.4 Å². The van der Waals surface area contributed by atoms with Crippen LogP contribution in [0.15, 0.2) is 42.5 Å². The van der Waals surface area contributed by atoms with Gasteiger partial charge in [0, 0.05) is 18.7 Å². The zero-order chi connectivity index (χ0) is 28.5. The minimum Gasteiger partial charge on any atom is -0.465 e. The lowest BCUT2D eigenvalue weighted by Crippen LogP contribution is -2.43. The maximum atomic E-state index is 13.2. The lowest BCUT2D eigenvalue weighted by atomic mass is 10.1. The van der Waals surface area contributed by atoms with Crippen LogP contribution in [0.2, 0.25) is 0 Å². The van der Waals surface area contributed by atoms with Gasteiger partial charge in [0.05, 0.1) is 35.3 Å². The van der Waals surface area contributed by atoms with Gasteiger partial charge in [0.2, 0.25) is 5.95 Å². The SMILES string of the molecule is COC(=O)c1ccc2c(c1)nc(NC(=O)c1cccc(C(F)(F)F)c1)n2C1CCCN(C(=O)OC(C)(C)C)C1. The normalized spacial score (nSPS) is 16.2. The molecule has 1 atom stereocenters. The van der Waals surface area contributed by atoms with Crippen molar-refractivity contribution in [2.24, 2.45) is 0 Å². The summed E-state index contributed by atoms with van der Waals surface area (Å²) in [6.07, 6.45) is -3.80. The molecule has 1 aliphatic heterocycles. The Labute approximate surface area is 222 Å². The molecular weight excluding hydrogens is 517 g/mol. The summed E-state index contributed by atoms with van der Waals surface area (Å²) < 4.78 is 51.7. The number of methoxy groups -OCH3 is 1. The number of hydrogen-bond acceptors (Lipinski definition) is 6. The maximum absolute atomic E-state index is 13.2. The van der Waals surface area contributed by atoms with Crippen molar-refractivity contribution in [3.63, 3.8) is 0 Å². The third kappa shape index (κ3) is 6.32. The van der Waals surface area contributed by atoms with Crippen molar-refractivity contribution in [2.75, 3.05) is 25.5 Å². The van der Waals surface area contributed by atoms with Crippen LogP contribution in [0, 0.1) is 0 Å². The molecule has 1 fully saturated rings. The van der Waals surface area contributed by atoms with Gasteiger partial charge in [-0.2, -0.15) is 13.2 Å². The third-order valence-corrected chi connectivity index (χ3v) is 6.20. The van der Waals surface area contributed by atoms with Crippen molar-refractivity contribution in [3.05, 3.63) is 59.2 Å². The standard InChI is InChI=1S/C27H29F3N4O5/c1-26(2,3)39-25(37)33-12-6-9-19(15-33)34-21-11-10-17(23(36)38-4)14-20(21)31-24(34)32-22(35)16-7-5-8-18(13-16)27(28,29)30/h5,7-8,10-11,13-14,19H,6,9,12,15H2,1-4H3,(H,31,32,35). The van der Waals surface area contributed by atoms with Crippen molar-refractivity contribution in [1.82, 2.24) is 14.5 Å². The Morgan fingerprint density at radius 1 is 1.05 bits per heavy atom. The van der Waals surface area contributed by atoms with Gasteiger partial charge in [-0.1, -0.05) is 6.07 Å². The third-order valence-electron chi connectivity index (χ3n) is 6.20. The lowest BCUT2D eigenvalue weighted by Gasteiger charge is -2.35. The minimum absolute atomic E-state index is 0.0745. The molecule has 9 nitrogen and oxygen atoms in total. The smallest absolute Gasteiger partial charge is 0.416 e. The summed E-state index contributed by atoms with van der Waals surface area (Å²) in [5.41, 5.74) is -0.654. The van der Waals surface area contributed by atoms with Gasteiger partial charge in [-0.05, 0) is 70.0 Å². The second kappa shape index (κ2) is 10.6. The Hall–Kier alpha value is -4.09. The number of halogens is 3. The Morgan fingerprint density at radius 2 is 1.79 bits per heavy atom. The number of piperidine rings is 1. The molecule has 0 radical (unpaired) electrons. The quantitative estimate of drug-likeness (QED) is 0.424. The second-order valence-corrected chi connectivity index (χ2v) is 10.3. The highest BCUT2D eigenvalue weighted by Gasteiger charge is 2.33. The molecule has 0 spiro atoms. The molecule has 3 aromatic rings. The number of rotatable bonds is 4. The number of ether oxygens (including phenoxy) is 2. The number of carbonyl (C=O) groups excluding carboxylic acids is 3. The van der Waals surface area contributed by atoms with Gasteiger partial charge in [0.25, 0.3) is 5.91 Å². The molecule has 4 rings (SSSR count). The molecule has 0 bridgehead atoms. The Morgan fingerprint density at radius 3 is 2.46 bits per heavy atom. The van der Waals surface area contributed by atoms with Gasteiger partial charge in [-0.25, -0.2) is 14.6 Å². The van der Waals surface area contributed by atoms with Gasteiger partial charge in [-0.15, -0.1) is 0 Å². The van der Waals surface area contributed by atoms with E-state index in [9.17, 15) is 27.6 Å². The summed E-state index contributed by atoms with van der Waals surface area (Å²) in [4.78, 5) is 44.0. The van der Waals surface area contributed by atoms with Crippen molar-refractivity contribution in [1.29, 1.82) is 0 Å². The minimum atomic E-state index is -4.61. The van der Waals surface area contributed by atoms with E-state index in [-0.39, 0.29) is 29.7 Å². The van der Waals surface area contributed by atoms with Crippen LogP contribution in [-0.4, -0.2) is 58.2 Å². The molecule has 2 heterocycles. The number of carbonyl (C=O) groups is 3. The van der Waals surface area contributed by atoms with Crippen LogP contribution in [0.5, 0.6) is 0 Å². The van der Waals surface area contributed by atoms with Crippen molar-refractivity contribution >= 4 is 35.0 Å². The topological polar surface area (TPSA) is 103 Å². The van der Waals surface area contributed by atoms with Gasteiger partial charge in [-0.3, -0.25) is 10.1 Å². The molecule has 12 heteroatoms. The van der Waals surface area contributed by atoms with Crippen molar-refractivity contribution < 1.29 is 37.0 Å². The van der Waals surface area contributed by atoms with E-state index in [4.69, 9.17) is 9.47 Å². The molecule has 0 aliphatic carbocycles. The molecule has 1 saturated heterocycles. The monoisotopic (exact) mass is 546 g/mol. The summed E-state index contributed by atoms with van der Waals surface area (Å²) in [6.45, 7) is 6.06. The Kier molecular flexibility index (Phi) is 7.58. The van der Waals surface area contributed by atoms with Gasteiger partial charge >= 0.3 is 18.2 Å². The zero-order valence-electron chi connectivity index (χ0n) is 22.0. The largest absolute Gasteiger partial charge is 0.465 e. The fourth-order valence-corrected chi connectivity index (χ4v) is 4.47. The van der Waals surface area contributed by atoms with Crippen LogP contribution in [-0.2, 0) is 15.7 Å². The summed E-state index contributed by atoms with van der Waals surface area (Å²) in [5, 5.41) is 2.63. The van der Waals surface area contributed by atoms with Gasteiger partial charge in [0.15, 0.2) is 0 Å². The number of nitrogens with one attached hydrogen (secondary N) is 1. The van der Waals surface area contributed by atoms with Crippen LogP contribution in [0.4, 0.5) is 23.9 Å². The molecular formula is C27H29F3N4O5. The first-order valence-electron chi connectivity index (χ1n) is 12.3. The first kappa shape index (κ1) is 27.9. The maximum Gasteiger partial charge on any atom is 0.416 e. The molecule has 39 heavy (non-hydrogen) atoms. The molecule has 2 aromatic carbocycles.